The Bertz CT molecular complexity index is 969. The lowest BCUT2D eigenvalue weighted by molar-refractivity contribution is 0.0705. The van der Waals surface area contributed by atoms with E-state index in [9.17, 15) is 9.18 Å². The molecule has 0 N–H and O–H groups in total. The van der Waals surface area contributed by atoms with Crippen LogP contribution in [0, 0.1) is 12.7 Å². The molecule has 1 aliphatic heterocycles. The Morgan fingerprint density at radius 3 is 2.74 bits per heavy atom. The highest BCUT2D eigenvalue weighted by molar-refractivity contribution is 5.94. The van der Waals surface area contributed by atoms with Crippen molar-refractivity contribution in [3.63, 3.8) is 0 Å². The van der Waals surface area contributed by atoms with Gasteiger partial charge in [-0.3, -0.25) is 9.48 Å². The van der Waals surface area contributed by atoms with Gasteiger partial charge in [0.1, 0.15) is 12.4 Å². The molecule has 5 nitrogen and oxygen atoms in total. The summed E-state index contributed by atoms with van der Waals surface area (Å²) in [6.45, 7) is 3.67. The molecule has 0 aliphatic carbocycles. The van der Waals surface area contributed by atoms with Gasteiger partial charge in [0.2, 0.25) is 5.88 Å². The number of benzene rings is 2. The van der Waals surface area contributed by atoms with Crippen LogP contribution < -0.4 is 4.74 Å². The number of hydrogen-bond donors (Lipinski definition) is 0. The number of carbonyl (C=O) groups excluding carboxylic acids is 1. The summed E-state index contributed by atoms with van der Waals surface area (Å²) in [5.74, 6) is 0.0112. The first-order chi connectivity index (χ1) is 13.1. The van der Waals surface area contributed by atoms with Crippen LogP contribution in [0.1, 0.15) is 27.2 Å². The van der Waals surface area contributed by atoms with E-state index < -0.39 is 0 Å². The maximum absolute atomic E-state index is 13.8. The van der Waals surface area contributed by atoms with E-state index in [1.54, 1.807) is 24.0 Å². The van der Waals surface area contributed by atoms with E-state index in [1.807, 2.05) is 41.1 Å². The zero-order chi connectivity index (χ0) is 18.8. The highest BCUT2D eigenvalue weighted by atomic mass is 19.1. The predicted molar refractivity (Wildman–Crippen MR) is 98.9 cm³/mol. The molecule has 138 valence electrons. The molecule has 1 aliphatic rings. The minimum absolute atomic E-state index is 0.173. The summed E-state index contributed by atoms with van der Waals surface area (Å²) in [6.07, 6.45) is 0. The summed E-state index contributed by atoms with van der Waals surface area (Å²) in [7, 11) is 0. The van der Waals surface area contributed by atoms with E-state index in [0.717, 1.165) is 11.3 Å². The molecule has 0 radical (unpaired) electrons. The molecule has 0 saturated heterocycles. The Morgan fingerprint density at radius 2 is 1.96 bits per heavy atom. The SMILES string of the molecule is Cc1ccc(C(=O)N2CCn3nc(OCc4ccccc4)cc3C2)cc1F. The smallest absolute Gasteiger partial charge is 0.254 e. The molecule has 3 aromatic rings. The maximum Gasteiger partial charge on any atom is 0.254 e. The highest BCUT2D eigenvalue weighted by Gasteiger charge is 2.24. The minimum Gasteiger partial charge on any atom is -0.472 e. The molecule has 0 spiro atoms. The summed E-state index contributed by atoms with van der Waals surface area (Å²) < 4.78 is 21.4. The minimum atomic E-state index is -0.362. The van der Waals surface area contributed by atoms with Crippen LogP contribution in [0.4, 0.5) is 4.39 Å². The van der Waals surface area contributed by atoms with E-state index >= 15 is 0 Å². The van der Waals surface area contributed by atoms with Gasteiger partial charge in [-0.2, -0.15) is 0 Å². The average molecular weight is 365 g/mol. The second-order valence-corrected chi connectivity index (χ2v) is 6.66. The summed E-state index contributed by atoms with van der Waals surface area (Å²) >= 11 is 0. The van der Waals surface area contributed by atoms with Crippen molar-refractivity contribution in [2.45, 2.75) is 26.6 Å². The first-order valence-electron chi connectivity index (χ1n) is 8.89. The molecule has 0 fully saturated rings. The van der Waals surface area contributed by atoms with E-state index in [-0.39, 0.29) is 11.7 Å². The van der Waals surface area contributed by atoms with Gasteiger partial charge in [-0.1, -0.05) is 36.4 Å². The molecular weight excluding hydrogens is 345 g/mol. The highest BCUT2D eigenvalue weighted by Crippen LogP contribution is 2.21. The maximum atomic E-state index is 13.8. The van der Waals surface area contributed by atoms with Crippen LogP contribution in [0.15, 0.2) is 54.6 Å². The van der Waals surface area contributed by atoms with Crippen LogP contribution in [-0.4, -0.2) is 27.1 Å². The molecule has 4 rings (SSSR count). The number of nitrogens with zero attached hydrogens (tertiary/aromatic N) is 3. The Kier molecular flexibility index (Phi) is 4.62. The van der Waals surface area contributed by atoms with Crippen molar-refractivity contribution in [1.82, 2.24) is 14.7 Å². The first kappa shape index (κ1) is 17.3. The molecule has 0 saturated carbocycles. The Labute approximate surface area is 157 Å². The topological polar surface area (TPSA) is 47.4 Å². The number of ether oxygens (including phenoxy) is 1. The van der Waals surface area contributed by atoms with Crippen molar-refractivity contribution in [2.24, 2.45) is 0 Å². The van der Waals surface area contributed by atoms with Gasteiger partial charge in [0.15, 0.2) is 0 Å². The van der Waals surface area contributed by atoms with Gasteiger partial charge in [0.25, 0.3) is 5.91 Å². The number of halogens is 1. The van der Waals surface area contributed by atoms with Gasteiger partial charge in [-0.15, -0.1) is 5.10 Å². The molecule has 6 heteroatoms. The third kappa shape index (κ3) is 3.69. The lowest BCUT2D eigenvalue weighted by Gasteiger charge is -2.27. The van der Waals surface area contributed by atoms with Crippen molar-refractivity contribution in [2.75, 3.05) is 6.54 Å². The van der Waals surface area contributed by atoms with E-state index in [1.165, 1.54) is 6.07 Å². The molecule has 0 atom stereocenters. The fourth-order valence-electron chi connectivity index (χ4n) is 3.12. The third-order valence-corrected chi connectivity index (χ3v) is 4.71. The van der Waals surface area contributed by atoms with E-state index in [0.29, 0.717) is 43.2 Å². The van der Waals surface area contributed by atoms with Crippen LogP contribution in [0.25, 0.3) is 0 Å². The Morgan fingerprint density at radius 1 is 1.15 bits per heavy atom. The van der Waals surface area contributed by atoms with Crippen LogP contribution in [0.5, 0.6) is 5.88 Å². The van der Waals surface area contributed by atoms with Gasteiger partial charge < -0.3 is 9.64 Å². The number of aryl methyl sites for hydroxylation is 1. The monoisotopic (exact) mass is 365 g/mol. The lowest BCUT2D eigenvalue weighted by Crippen LogP contribution is -2.38. The standard InChI is InChI=1S/C21H20FN3O2/c1-15-7-8-17(11-19(15)22)21(26)24-9-10-25-18(13-24)12-20(23-25)27-14-16-5-3-2-4-6-16/h2-8,11-12H,9-10,13-14H2,1H3. The number of hydrogen-bond acceptors (Lipinski definition) is 3. The zero-order valence-corrected chi connectivity index (χ0v) is 15.1. The summed E-state index contributed by atoms with van der Waals surface area (Å²) in [5, 5.41) is 4.45. The Hall–Kier alpha value is -3.15. The summed E-state index contributed by atoms with van der Waals surface area (Å²) in [4.78, 5) is 14.4. The van der Waals surface area contributed by atoms with Crippen molar-refractivity contribution in [1.29, 1.82) is 0 Å². The normalized spacial score (nSPS) is 13.3. The van der Waals surface area contributed by atoms with Crippen LogP contribution in [-0.2, 0) is 19.7 Å². The third-order valence-electron chi connectivity index (χ3n) is 4.71. The number of rotatable bonds is 4. The van der Waals surface area contributed by atoms with Crippen molar-refractivity contribution in [3.8, 4) is 5.88 Å². The number of amides is 1. The Balaban J connectivity index is 1.44. The molecular formula is C21H20FN3O2. The quantitative estimate of drug-likeness (QED) is 0.710. The van der Waals surface area contributed by atoms with E-state index in [4.69, 9.17) is 4.74 Å². The number of carbonyl (C=O) groups is 1. The molecule has 0 bridgehead atoms. The predicted octanol–water partition coefficient (Wildman–Crippen LogP) is 3.57. The van der Waals surface area contributed by atoms with Gasteiger partial charge in [-0.05, 0) is 30.2 Å². The van der Waals surface area contributed by atoms with E-state index in [2.05, 4.69) is 5.10 Å². The van der Waals surface area contributed by atoms with Gasteiger partial charge >= 0.3 is 0 Å². The second kappa shape index (κ2) is 7.23. The molecule has 1 amide bonds. The summed E-state index contributed by atoms with van der Waals surface area (Å²) in [6, 6.07) is 16.4. The lowest BCUT2D eigenvalue weighted by atomic mass is 10.1. The summed E-state index contributed by atoms with van der Waals surface area (Å²) in [5.41, 5.74) is 2.88. The molecule has 27 heavy (non-hydrogen) atoms. The fraction of sp³-hybridized carbons (Fsp3) is 0.238. The van der Waals surface area contributed by atoms with Crippen molar-refractivity contribution < 1.29 is 13.9 Å². The van der Waals surface area contributed by atoms with Crippen LogP contribution >= 0.6 is 0 Å². The molecule has 0 unspecified atom stereocenters. The molecule has 1 aromatic heterocycles. The zero-order valence-electron chi connectivity index (χ0n) is 15.1. The molecule has 2 heterocycles. The number of aromatic nitrogens is 2. The largest absolute Gasteiger partial charge is 0.472 e. The number of fused-ring (bicyclic) bond motifs is 1. The van der Waals surface area contributed by atoms with Crippen molar-refractivity contribution in [3.05, 3.63) is 82.8 Å². The molecule has 2 aromatic carbocycles. The second-order valence-electron chi connectivity index (χ2n) is 6.66. The first-order valence-corrected chi connectivity index (χ1v) is 8.89. The van der Waals surface area contributed by atoms with Gasteiger partial charge in [0.05, 0.1) is 18.8 Å². The van der Waals surface area contributed by atoms with Crippen molar-refractivity contribution >= 4 is 5.91 Å². The average Bonchev–Trinajstić information content (AvgIpc) is 3.11. The van der Waals surface area contributed by atoms with Crippen LogP contribution in [0.2, 0.25) is 0 Å². The van der Waals surface area contributed by atoms with Gasteiger partial charge in [-0.25, -0.2) is 4.39 Å². The van der Waals surface area contributed by atoms with Crippen LogP contribution in [0.3, 0.4) is 0 Å². The fourth-order valence-corrected chi connectivity index (χ4v) is 3.12. The van der Waals surface area contributed by atoms with Gasteiger partial charge in [0, 0.05) is 18.2 Å².